The summed E-state index contributed by atoms with van der Waals surface area (Å²) in [7, 11) is 0. The third-order valence-corrected chi connectivity index (χ3v) is 2.68. The number of carbonyl (C=O) groups is 1. The lowest BCUT2D eigenvalue weighted by atomic mass is 10.0. The number of carbonyl (C=O) groups excluding carboxylic acids is 1. The molecule has 0 saturated heterocycles. The van der Waals surface area contributed by atoms with Gasteiger partial charge in [0.25, 0.3) is 0 Å². The first-order valence-corrected chi connectivity index (χ1v) is 5.50. The molecule has 104 valence electrons. The first kappa shape index (κ1) is 14.2. The fourth-order valence-corrected chi connectivity index (χ4v) is 1.67. The summed E-state index contributed by atoms with van der Waals surface area (Å²) in [6.07, 6.45) is -0.459. The maximum atomic E-state index is 13.4. The minimum absolute atomic E-state index is 0.0954. The first-order chi connectivity index (χ1) is 9.40. The van der Waals surface area contributed by atoms with Crippen LogP contribution in [0.5, 0.6) is 0 Å². The molecule has 0 aliphatic carbocycles. The number of hydrogen-bond acceptors (Lipinski definition) is 1. The van der Waals surface area contributed by atoms with E-state index in [0.717, 1.165) is 24.3 Å². The molecular formula is C14H7F5O. The molecule has 0 N–H and O–H groups in total. The van der Waals surface area contributed by atoms with Gasteiger partial charge in [0.2, 0.25) is 0 Å². The summed E-state index contributed by atoms with van der Waals surface area (Å²) in [5.74, 6) is -7.86. The van der Waals surface area contributed by atoms with Gasteiger partial charge in [-0.1, -0.05) is 6.07 Å². The lowest BCUT2D eigenvalue weighted by molar-refractivity contribution is 0.0987. The van der Waals surface area contributed by atoms with Gasteiger partial charge in [-0.15, -0.1) is 0 Å². The molecule has 0 aliphatic rings. The van der Waals surface area contributed by atoms with Gasteiger partial charge in [0, 0.05) is 6.42 Å². The van der Waals surface area contributed by atoms with Crippen LogP contribution in [0.15, 0.2) is 30.3 Å². The van der Waals surface area contributed by atoms with Crippen LogP contribution in [0.3, 0.4) is 0 Å². The predicted octanol–water partition coefficient (Wildman–Crippen LogP) is 3.81. The van der Waals surface area contributed by atoms with E-state index in [4.69, 9.17) is 0 Å². The Balaban J connectivity index is 2.28. The number of benzene rings is 2. The molecule has 6 heteroatoms. The molecule has 0 heterocycles. The van der Waals surface area contributed by atoms with Crippen molar-refractivity contribution in [1.29, 1.82) is 0 Å². The van der Waals surface area contributed by atoms with Crippen LogP contribution >= 0.6 is 0 Å². The van der Waals surface area contributed by atoms with Crippen molar-refractivity contribution in [3.05, 3.63) is 70.5 Å². The van der Waals surface area contributed by atoms with Gasteiger partial charge in [-0.3, -0.25) is 4.79 Å². The SMILES string of the molecule is O=C(Cc1ccc(F)c(F)c1)c1ccc(F)c(F)c1F. The van der Waals surface area contributed by atoms with Crippen molar-refractivity contribution in [3.8, 4) is 0 Å². The molecule has 0 saturated carbocycles. The van der Waals surface area contributed by atoms with Crippen molar-refractivity contribution < 1.29 is 26.7 Å². The molecule has 0 fully saturated rings. The van der Waals surface area contributed by atoms with Crippen molar-refractivity contribution in [1.82, 2.24) is 0 Å². The number of halogens is 5. The van der Waals surface area contributed by atoms with E-state index in [1.165, 1.54) is 0 Å². The summed E-state index contributed by atoms with van der Waals surface area (Å²) in [4.78, 5) is 11.7. The summed E-state index contributed by atoms with van der Waals surface area (Å²) in [6, 6.07) is 4.17. The molecule has 0 spiro atoms. The molecule has 0 aromatic heterocycles. The molecule has 1 nitrogen and oxygen atoms in total. The van der Waals surface area contributed by atoms with E-state index in [1.54, 1.807) is 0 Å². The molecule has 0 atom stereocenters. The first-order valence-electron chi connectivity index (χ1n) is 5.50. The monoisotopic (exact) mass is 286 g/mol. The molecule has 20 heavy (non-hydrogen) atoms. The summed E-state index contributed by atoms with van der Waals surface area (Å²) in [6.45, 7) is 0. The Kier molecular flexibility index (Phi) is 3.83. The van der Waals surface area contributed by atoms with Gasteiger partial charge >= 0.3 is 0 Å². The van der Waals surface area contributed by atoms with Crippen molar-refractivity contribution in [2.45, 2.75) is 6.42 Å². The molecule has 2 aromatic carbocycles. The van der Waals surface area contributed by atoms with E-state index in [0.29, 0.717) is 6.07 Å². The lowest BCUT2D eigenvalue weighted by Gasteiger charge is -2.05. The number of rotatable bonds is 3. The average molecular weight is 286 g/mol. The number of ketones is 1. The minimum atomic E-state index is -1.75. The molecule has 0 radical (unpaired) electrons. The van der Waals surface area contributed by atoms with Crippen molar-refractivity contribution in [2.24, 2.45) is 0 Å². The standard InChI is InChI=1S/C14H7F5O/c15-9-3-1-7(5-11(9)17)6-12(20)8-2-4-10(16)14(19)13(8)18/h1-5H,6H2. The molecule has 0 unspecified atom stereocenters. The van der Waals surface area contributed by atoms with Crippen LogP contribution < -0.4 is 0 Å². The highest BCUT2D eigenvalue weighted by molar-refractivity contribution is 5.97. The largest absolute Gasteiger partial charge is 0.294 e. The topological polar surface area (TPSA) is 17.1 Å². The van der Waals surface area contributed by atoms with Crippen molar-refractivity contribution in [2.75, 3.05) is 0 Å². The van der Waals surface area contributed by atoms with Gasteiger partial charge in [-0.05, 0) is 29.8 Å². The van der Waals surface area contributed by atoms with Gasteiger partial charge in [-0.2, -0.15) is 0 Å². The van der Waals surface area contributed by atoms with Gasteiger partial charge in [-0.25, -0.2) is 22.0 Å². The zero-order valence-electron chi connectivity index (χ0n) is 9.89. The Bertz CT molecular complexity index is 682. The van der Waals surface area contributed by atoms with E-state index in [-0.39, 0.29) is 5.56 Å². The van der Waals surface area contributed by atoms with Crippen molar-refractivity contribution in [3.63, 3.8) is 0 Å². The van der Waals surface area contributed by atoms with E-state index in [1.807, 2.05) is 0 Å². The molecule has 0 amide bonds. The molecule has 2 aromatic rings. The summed E-state index contributed by atoms with van der Waals surface area (Å²) >= 11 is 0. The Morgan fingerprint density at radius 3 is 2.10 bits per heavy atom. The van der Waals surface area contributed by atoms with Crippen LogP contribution in [0.2, 0.25) is 0 Å². The van der Waals surface area contributed by atoms with Crippen LogP contribution in [0, 0.1) is 29.1 Å². The maximum Gasteiger partial charge on any atom is 0.195 e. The Hall–Kier alpha value is -2.24. The zero-order valence-corrected chi connectivity index (χ0v) is 9.89. The molecule has 2 rings (SSSR count). The van der Waals surface area contributed by atoms with E-state index >= 15 is 0 Å². The average Bonchev–Trinajstić information content (AvgIpc) is 2.40. The number of Topliss-reactive ketones (excluding diaryl/α,β-unsaturated/α-hetero) is 1. The smallest absolute Gasteiger partial charge is 0.195 e. The van der Waals surface area contributed by atoms with Crippen LogP contribution in [0.4, 0.5) is 22.0 Å². The minimum Gasteiger partial charge on any atom is -0.294 e. The second-order valence-corrected chi connectivity index (χ2v) is 4.07. The summed E-state index contributed by atoms with van der Waals surface area (Å²) in [5.41, 5.74) is -0.549. The highest BCUT2D eigenvalue weighted by Crippen LogP contribution is 2.18. The van der Waals surface area contributed by atoms with E-state index in [2.05, 4.69) is 0 Å². The second kappa shape index (κ2) is 5.40. The highest BCUT2D eigenvalue weighted by atomic mass is 19.2. The Morgan fingerprint density at radius 2 is 1.45 bits per heavy atom. The van der Waals surface area contributed by atoms with E-state index < -0.39 is 46.9 Å². The van der Waals surface area contributed by atoms with Crippen LogP contribution in [-0.2, 0) is 6.42 Å². The van der Waals surface area contributed by atoms with Crippen LogP contribution in [-0.4, -0.2) is 5.78 Å². The fraction of sp³-hybridized carbons (Fsp3) is 0.0714. The van der Waals surface area contributed by atoms with Crippen LogP contribution in [0.1, 0.15) is 15.9 Å². The zero-order chi connectivity index (χ0) is 14.9. The molecule has 0 bridgehead atoms. The van der Waals surface area contributed by atoms with E-state index in [9.17, 15) is 26.7 Å². The van der Waals surface area contributed by atoms with Gasteiger partial charge < -0.3 is 0 Å². The van der Waals surface area contributed by atoms with Gasteiger partial charge in [0.05, 0.1) is 5.56 Å². The van der Waals surface area contributed by atoms with Gasteiger partial charge in [0.1, 0.15) is 0 Å². The highest BCUT2D eigenvalue weighted by Gasteiger charge is 2.19. The number of hydrogen-bond donors (Lipinski definition) is 0. The van der Waals surface area contributed by atoms with Crippen molar-refractivity contribution >= 4 is 5.78 Å². The van der Waals surface area contributed by atoms with Crippen LogP contribution in [0.25, 0.3) is 0 Å². The maximum absolute atomic E-state index is 13.4. The molecular weight excluding hydrogens is 279 g/mol. The third-order valence-electron chi connectivity index (χ3n) is 2.68. The third kappa shape index (κ3) is 2.68. The predicted molar refractivity (Wildman–Crippen MR) is 60.7 cm³/mol. The normalized spacial score (nSPS) is 10.7. The fourth-order valence-electron chi connectivity index (χ4n) is 1.67. The summed E-state index contributed by atoms with van der Waals surface area (Å²) < 4.78 is 64.8. The Labute approximate surface area is 110 Å². The second-order valence-electron chi connectivity index (χ2n) is 4.07. The van der Waals surface area contributed by atoms with Gasteiger partial charge in [0.15, 0.2) is 34.9 Å². The molecule has 0 aliphatic heterocycles. The lowest BCUT2D eigenvalue weighted by Crippen LogP contribution is -2.09. The Morgan fingerprint density at radius 1 is 0.800 bits per heavy atom. The quantitative estimate of drug-likeness (QED) is 0.476. The summed E-state index contributed by atoms with van der Waals surface area (Å²) in [5, 5.41) is 0.